The van der Waals surface area contributed by atoms with E-state index in [-0.39, 0.29) is 5.76 Å². The Kier molecular flexibility index (Phi) is 5.12. The fourth-order valence-electron chi connectivity index (χ4n) is 1.25. The molecule has 16 heavy (non-hydrogen) atoms. The van der Waals surface area contributed by atoms with E-state index in [1.165, 1.54) is 0 Å². The van der Waals surface area contributed by atoms with Gasteiger partial charge in [0.1, 0.15) is 5.75 Å². The highest BCUT2D eigenvalue weighted by Gasteiger charge is 2.06. The molecule has 86 valence electrons. The van der Waals surface area contributed by atoms with Crippen molar-refractivity contribution < 1.29 is 9.53 Å². The van der Waals surface area contributed by atoms with Crippen LogP contribution in [0.15, 0.2) is 42.2 Å². The minimum atomic E-state index is -0.528. The van der Waals surface area contributed by atoms with Crippen molar-refractivity contribution in [3.63, 3.8) is 0 Å². The van der Waals surface area contributed by atoms with Crippen molar-refractivity contribution in [2.45, 2.75) is 26.2 Å². The first-order chi connectivity index (χ1) is 7.74. The first-order valence-corrected chi connectivity index (χ1v) is 5.47. The van der Waals surface area contributed by atoms with Crippen molar-refractivity contribution in [1.82, 2.24) is 0 Å². The Morgan fingerprint density at radius 3 is 2.62 bits per heavy atom. The second kappa shape index (κ2) is 6.67. The minimum absolute atomic E-state index is 0.222. The van der Waals surface area contributed by atoms with Crippen LogP contribution in [0, 0.1) is 0 Å². The van der Waals surface area contributed by atoms with Crippen LogP contribution in [-0.2, 0) is 4.79 Å². The van der Waals surface area contributed by atoms with E-state index in [9.17, 15) is 4.79 Å². The number of hydrogen-bond donors (Lipinski definition) is 1. The third-order valence-electron chi connectivity index (χ3n) is 2.10. The minimum Gasteiger partial charge on any atom is -0.452 e. The van der Waals surface area contributed by atoms with Crippen LogP contribution in [0.3, 0.4) is 0 Å². The van der Waals surface area contributed by atoms with E-state index < -0.39 is 5.91 Å². The summed E-state index contributed by atoms with van der Waals surface area (Å²) in [5.41, 5.74) is 5.23. The first-order valence-electron chi connectivity index (χ1n) is 5.47. The number of carbonyl (C=O) groups excluding carboxylic acids is 1. The largest absolute Gasteiger partial charge is 0.452 e. The molecule has 0 aliphatic rings. The summed E-state index contributed by atoms with van der Waals surface area (Å²) in [6, 6.07) is 9.16. The molecule has 0 spiro atoms. The zero-order chi connectivity index (χ0) is 11.8. The Hall–Kier alpha value is -1.77. The fourth-order valence-corrected chi connectivity index (χ4v) is 1.25. The fraction of sp³-hybridized carbons (Fsp3) is 0.308. The van der Waals surface area contributed by atoms with Gasteiger partial charge in [-0.2, -0.15) is 0 Å². The van der Waals surface area contributed by atoms with Crippen LogP contribution < -0.4 is 10.5 Å². The van der Waals surface area contributed by atoms with Gasteiger partial charge in [0, 0.05) is 0 Å². The second-order valence-electron chi connectivity index (χ2n) is 3.49. The van der Waals surface area contributed by atoms with E-state index in [2.05, 4.69) is 6.92 Å². The SMILES string of the molecule is CCCC/C=C(/Oc1ccccc1)C(N)=O. The van der Waals surface area contributed by atoms with Crippen LogP contribution >= 0.6 is 0 Å². The molecule has 1 rings (SSSR count). The summed E-state index contributed by atoms with van der Waals surface area (Å²) in [5.74, 6) is 0.323. The zero-order valence-electron chi connectivity index (χ0n) is 9.48. The molecule has 0 bridgehead atoms. The summed E-state index contributed by atoms with van der Waals surface area (Å²) in [7, 11) is 0. The number of rotatable bonds is 6. The number of carbonyl (C=O) groups is 1. The number of unbranched alkanes of at least 4 members (excludes halogenated alkanes) is 2. The van der Waals surface area contributed by atoms with Gasteiger partial charge >= 0.3 is 0 Å². The number of allylic oxidation sites excluding steroid dienone is 1. The maximum Gasteiger partial charge on any atom is 0.284 e. The molecule has 0 fully saturated rings. The standard InChI is InChI=1S/C13H17NO2/c1-2-3-5-10-12(13(14)15)16-11-8-6-4-7-9-11/h4,6-10H,2-3,5H2,1H3,(H2,14,15)/b12-10+. The summed E-state index contributed by atoms with van der Waals surface area (Å²) in [6.07, 6.45) is 4.66. The number of ether oxygens (including phenoxy) is 1. The third-order valence-corrected chi connectivity index (χ3v) is 2.10. The predicted molar refractivity (Wildman–Crippen MR) is 63.9 cm³/mol. The van der Waals surface area contributed by atoms with Crippen LogP contribution in [0.2, 0.25) is 0 Å². The smallest absolute Gasteiger partial charge is 0.284 e. The van der Waals surface area contributed by atoms with Crippen molar-refractivity contribution in [2.24, 2.45) is 5.73 Å². The first kappa shape index (κ1) is 12.3. The molecular formula is C13H17NO2. The van der Waals surface area contributed by atoms with Crippen molar-refractivity contribution in [3.05, 3.63) is 42.2 Å². The molecule has 3 heteroatoms. The van der Waals surface area contributed by atoms with Crippen molar-refractivity contribution in [1.29, 1.82) is 0 Å². The number of primary amides is 1. The van der Waals surface area contributed by atoms with Crippen molar-refractivity contribution in [3.8, 4) is 5.75 Å². The van der Waals surface area contributed by atoms with Gasteiger partial charge in [0.15, 0.2) is 5.76 Å². The lowest BCUT2D eigenvalue weighted by atomic mass is 10.2. The lowest BCUT2D eigenvalue weighted by molar-refractivity contribution is -0.116. The van der Waals surface area contributed by atoms with Gasteiger partial charge in [-0.15, -0.1) is 0 Å². The Bertz CT molecular complexity index is 357. The molecule has 0 saturated heterocycles. The summed E-state index contributed by atoms with van der Waals surface area (Å²) < 4.78 is 5.41. The van der Waals surface area contributed by atoms with Crippen LogP contribution in [0.25, 0.3) is 0 Å². The molecule has 0 heterocycles. The molecule has 0 unspecified atom stereocenters. The summed E-state index contributed by atoms with van der Waals surface area (Å²) in [5, 5.41) is 0. The molecule has 0 radical (unpaired) electrons. The van der Waals surface area contributed by atoms with E-state index in [0.717, 1.165) is 19.3 Å². The average Bonchev–Trinajstić information content (AvgIpc) is 2.29. The summed E-state index contributed by atoms with van der Waals surface area (Å²) in [6.45, 7) is 2.09. The predicted octanol–water partition coefficient (Wildman–Crippen LogP) is 2.62. The van der Waals surface area contributed by atoms with Gasteiger partial charge in [0.25, 0.3) is 5.91 Å². The molecule has 0 aliphatic carbocycles. The molecule has 0 aliphatic heterocycles. The van der Waals surface area contributed by atoms with E-state index in [4.69, 9.17) is 10.5 Å². The molecule has 0 saturated carbocycles. The van der Waals surface area contributed by atoms with E-state index in [0.29, 0.717) is 5.75 Å². The highest BCUT2D eigenvalue weighted by atomic mass is 16.5. The number of hydrogen-bond acceptors (Lipinski definition) is 2. The highest BCUT2D eigenvalue weighted by molar-refractivity contribution is 5.90. The maximum absolute atomic E-state index is 11.1. The molecule has 0 aromatic heterocycles. The van der Waals surface area contributed by atoms with Crippen molar-refractivity contribution >= 4 is 5.91 Å². The van der Waals surface area contributed by atoms with Crippen LogP contribution in [0.4, 0.5) is 0 Å². The Morgan fingerprint density at radius 2 is 2.06 bits per heavy atom. The van der Waals surface area contributed by atoms with Crippen LogP contribution in [-0.4, -0.2) is 5.91 Å². The van der Waals surface area contributed by atoms with E-state index in [1.807, 2.05) is 18.2 Å². The Balaban J connectivity index is 2.65. The molecule has 1 aromatic rings. The van der Waals surface area contributed by atoms with Crippen LogP contribution in [0.5, 0.6) is 5.75 Å². The van der Waals surface area contributed by atoms with Crippen LogP contribution in [0.1, 0.15) is 26.2 Å². The Morgan fingerprint density at radius 1 is 1.38 bits per heavy atom. The molecule has 3 nitrogen and oxygen atoms in total. The zero-order valence-corrected chi connectivity index (χ0v) is 9.48. The van der Waals surface area contributed by atoms with Gasteiger partial charge < -0.3 is 10.5 Å². The van der Waals surface area contributed by atoms with Crippen molar-refractivity contribution in [2.75, 3.05) is 0 Å². The number of benzene rings is 1. The molecule has 1 amide bonds. The maximum atomic E-state index is 11.1. The third kappa shape index (κ3) is 4.17. The quantitative estimate of drug-likeness (QED) is 0.454. The number of amides is 1. The van der Waals surface area contributed by atoms with Gasteiger partial charge in [-0.25, -0.2) is 0 Å². The normalized spacial score (nSPS) is 11.2. The van der Waals surface area contributed by atoms with E-state index >= 15 is 0 Å². The number of para-hydroxylation sites is 1. The molecular weight excluding hydrogens is 202 g/mol. The number of nitrogens with two attached hydrogens (primary N) is 1. The van der Waals surface area contributed by atoms with Gasteiger partial charge in [-0.05, 0) is 31.1 Å². The van der Waals surface area contributed by atoms with Gasteiger partial charge in [0.2, 0.25) is 0 Å². The lowest BCUT2D eigenvalue weighted by Gasteiger charge is -2.06. The second-order valence-corrected chi connectivity index (χ2v) is 3.49. The molecule has 1 aromatic carbocycles. The van der Waals surface area contributed by atoms with E-state index in [1.54, 1.807) is 18.2 Å². The summed E-state index contributed by atoms with van der Waals surface area (Å²) in [4.78, 5) is 11.1. The topological polar surface area (TPSA) is 52.3 Å². The monoisotopic (exact) mass is 219 g/mol. The molecule has 2 N–H and O–H groups in total. The average molecular weight is 219 g/mol. The lowest BCUT2D eigenvalue weighted by Crippen LogP contribution is -2.18. The molecule has 0 atom stereocenters. The van der Waals surface area contributed by atoms with Gasteiger partial charge in [-0.3, -0.25) is 4.79 Å². The van der Waals surface area contributed by atoms with Gasteiger partial charge in [0.05, 0.1) is 0 Å². The van der Waals surface area contributed by atoms with Gasteiger partial charge in [-0.1, -0.05) is 31.5 Å². The summed E-state index contributed by atoms with van der Waals surface area (Å²) >= 11 is 0. The Labute approximate surface area is 95.9 Å². The highest BCUT2D eigenvalue weighted by Crippen LogP contribution is 2.13.